The Balaban J connectivity index is 1.51. The molecule has 0 saturated heterocycles. The molecular formula is C37H28N2O5. The summed E-state index contributed by atoms with van der Waals surface area (Å²) in [5.41, 5.74) is 7.54. The van der Waals surface area contributed by atoms with Crippen molar-refractivity contribution in [1.82, 2.24) is 4.98 Å². The quantitative estimate of drug-likeness (QED) is 0.182. The van der Waals surface area contributed by atoms with Gasteiger partial charge in [0.15, 0.2) is 23.0 Å². The number of anilines is 3. The lowest BCUT2D eigenvalue weighted by molar-refractivity contribution is 0.0600. The molecule has 44 heavy (non-hydrogen) atoms. The van der Waals surface area contributed by atoms with Gasteiger partial charge in [-0.25, -0.2) is 9.78 Å². The van der Waals surface area contributed by atoms with Crippen molar-refractivity contribution in [1.29, 1.82) is 0 Å². The zero-order chi connectivity index (χ0) is 30.2. The van der Waals surface area contributed by atoms with Gasteiger partial charge in [-0.1, -0.05) is 54.6 Å². The van der Waals surface area contributed by atoms with E-state index in [2.05, 4.69) is 41.3 Å². The molecule has 216 valence electrons. The molecule has 1 aliphatic rings. The minimum atomic E-state index is -0.388. The van der Waals surface area contributed by atoms with E-state index < -0.39 is 0 Å². The number of rotatable bonds is 6. The molecule has 0 N–H and O–H groups in total. The molecule has 2 heterocycles. The van der Waals surface area contributed by atoms with Gasteiger partial charge in [-0.05, 0) is 71.8 Å². The van der Waals surface area contributed by atoms with Crippen molar-refractivity contribution in [2.45, 2.75) is 0 Å². The maximum Gasteiger partial charge on any atom is 0.337 e. The largest absolute Gasteiger partial charge is 0.493 e. The predicted octanol–water partition coefficient (Wildman–Crippen LogP) is 8.95. The van der Waals surface area contributed by atoms with Crippen molar-refractivity contribution in [3.05, 3.63) is 121 Å². The van der Waals surface area contributed by atoms with E-state index in [0.29, 0.717) is 17.1 Å². The summed E-state index contributed by atoms with van der Waals surface area (Å²) in [6, 6.07) is 37.5. The van der Waals surface area contributed by atoms with E-state index in [1.807, 2.05) is 66.7 Å². The fourth-order valence-corrected chi connectivity index (χ4v) is 5.66. The van der Waals surface area contributed by atoms with Gasteiger partial charge in [-0.3, -0.25) is 0 Å². The number of pyridine rings is 1. The fourth-order valence-electron chi connectivity index (χ4n) is 5.66. The summed E-state index contributed by atoms with van der Waals surface area (Å²) in [6.07, 6.45) is 0. The molecule has 0 atom stereocenters. The van der Waals surface area contributed by atoms with E-state index >= 15 is 0 Å². The predicted molar refractivity (Wildman–Crippen MR) is 172 cm³/mol. The number of methoxy groups -OCH3 is 3. The average molecular weight is 581 g/mol. The molecule has 1 aliphatic heterocycles. The summed E-state index contributed by atoms with van der Waals surface area (Å²) in [5.74, 6) is 2.42. The molecule has 7 nitrogen and oxygen atoms in total. The molecule has 5 aromatic carbocycles. The van der Waals surface area contributed by atoms with Crippen LogP contribution in [0.5, 0.6) is 23.0 Å². The third kappa shape index (κ3) is 4.55. The minimum absolute atomic E-state index is 0.388. The summed E-state index contributed by atoms with van der Waals surface area (Å²) in [7, 11) is 4.63. The molecule has 0 bridgehead atoms. The van der Waals surface area contributed by atoms with Crippen LogP contribution >= 0.6 is 0 Å². The zero-order valence-corrected chi connectivity index (χ0v) is 24.4. The fraction of sp³-hybridized carbons (Fsp3) is 0.0811. The Bertz CT molecular complexity index is 1990. The zero-order valence-electron chi connectivity index (χ0n) is 24.4. The van der Waals surface area contributed by atoms with Crippen LogP contribution in [0.3, 0.4) is 0 Å². The third-order valence-corrected chi connectivity index (χ3v) is 7.79. The summed E-state index contributed by atoms with van der Waals surface area (Å²) >= 11 is 0. The lowest BCUT2D eigenvalue weighted by atomic mass is 9.96. The summed E-state index contributed by atoms with van der Waals surface area (Å²) in [4.78, 5) is 19.6. The van der Waals surface area contributed by atoms with E-state index in [1.165, 1.54) is 7.11 Å². The van der Waals surface area contributed by atoms with Gasteiger partial charge in [0, 0.05) is 10.9 Å². The molecule has 0 aliphatic carbocycles. The van der Waals surface area contributed by atoms with Crippen LogP contribution in [-0.4, -0.2) is 32.3 Å². The van der Waals surface area contributed by atoms with Crippen molar-refractivity contribution in [2.75, 3.05) is 26.2 Å². The van der Waals surface area contributed by atoms with E-state index in [4.69, 9.17) is 23.9 Å². The second-order valence-electron chi connectivity index (χ2n) is 10.2. The Kier molecular flexibility index (Phi) is 6.83. The molecule has 7 rings (SSSR count). The van der Waals surface area contributed by atoms with E-state index in [0.717, 1.165) is 61.8 Å². The highest BCUT2D eigenvalue weighted by Gasteiger charge is 2.27. The Morgan fingerprint density at radius 2 is 1.30 bits per heavy atom. The first-order chi connectivity index (χ1) is 21.6. The number of fused-ring (bicyclic) bond motifs is 3. The minimum Gasteiger partial charge on any atom is -0.493 e. The van der Waals surface area contributed by atoms with Gasteiger partial charge in [0.1, 0.15) is 0 Å². The number of nitrogens with zero attached hydrogens (tertiary/aromatic N) is 2. The van der Waals surface area contributed by atoms with Gasteiger partial charge in [0.05, 0.1) is 55.2 Å². The van der Waals surface area contributed by atoms with Gasteiger partial charge in [0.2, 0.25) is 0 Å². The molecule has 0 unspecified atom stereocenters. The smallest absolute Gasteiger partial charge is 0.337 e. The van der Waals surface area contributed by atoms with Gasteiger partial charge in [-0.15, -0.1) is 0 Å². The first-order valence-electron chi connectivity index (χ1n) is 14.1. The molecule has 1 aromatic heterocycles. The van der Waals surface area contributed by atoms with Crippen molar-refractivity contribution in [3.8, 4) is 45.4 Å². The van der Waals surface area contributed by atoms with Crippen LogP contribution in [-0.2, 0) is 4.74 Å². The topological polar surface area (TPSA) is 70.1 Å². The highest BCUT2D eigenvalue weighted by Crippen LogP contribution is 2.52. The standard InChI is InChI=1S/C37H28N2O5/c1-41-34-20-19-25(21-35(34)42-2)27-22-28(23-15-17-24(18-16-23)37(40)43-3)38-36-26(27)9-8-12-31(36)39-29-10-4-6-13-32(29)44-33-14-7-5-11-30(33)39/h4-22H,1-3H3. The second-order valence-corrected chi connectivity index (χ2v) is 10.2. The number of esters is 1. The van der Waals surface area contributed by atoms with Crippen LogP contribution in [0.15, 0.2) is 115 Å². The normalized spacial score (nSPS) is 11.8. The molecule has 6 aromatic rings. The number of carbonyl (C=O) groups is 1. The SMILES string of the molecule is COC(=O)c1ccc(-c2cc(-c3ccc(OC)c(OC)c3)c3cccc(N4c5ccccc5Oc5ccccc54)c3n2)cc1. The summed E-state index contributed by atoms with van der Waals surface area (Å²) in [5, 5.41) is 0.964. The second kappa shape index (κ2) is 11.1. The van der Waals surface area contributed by atoms with Gasteiger partial charge < -0.3 is 23.8 Å². The van der Waals surface area contributed by atoms with Crippen molar-refractivity contribution in [3.63, 3.8) is 0 Å². The maximum absolute atomic E-state index is 12.1. The first-order valence-corrected chi connectivity index (χ1v) is 14.1. The molecule has 0 spiro atoms. The van der Waals surface area contributed by atoms with Gasteiger partial charge in [0.25, 0.3) is 0 Å². The Hall–Kier alpha value is -5.82. The van der Waals surface area contributed by atoms with Crippen LogP contribution in [0.2, 0.25) is 0 Å². The van der Waals surface area contributed by atoms with Gasteiger partial charge >= 0.3 is 5.97 Å². The van der Waals surface area contributed by atoms with Crippen LogP contribution in [0, 0.1) is 0 Å². The Morgan fingerprint density at radius 3 is 1.95 bits per heavy atom. The maximum atomic E-state index is 12.1. The van der Waals surface area contributed by atoms with Crippen LogP contribution in [0.25, 0.3) is 33.3 Å². The number of hydrogen-bond acceptors (Lipinski definition) is 7. The molecular weight excluding hydrogens is 552 g/mol. The number of hydrogen-bond donors (Lipinski definition) is 0. The first kappa shape index (κ1) is 27.0. The van der Waals surface area contributed by atoms with E-state index in [9.17, 15) is 4.79 Å². The third-order valence-electron chi connectivity index (χ3n) is 7.79. The monoisotopic (exact) mass is 580 g/mol. The summed E-state index contributed by atoms with van der Waals surface area (Å²) < 4.78 is 22.4. The molecule has 0 amide bonds. The molecule has 0 saturated carbocycles. The van der Waals surface area contributed by atoms with Crippen molar-refractivity contribution >= 4 is 33.9 Å². The van der Waals surface area contributed by atoms with E-state index in [-0.39, 0.29) is 5.97 Å². The van der Waals surface area contributed by atoms with Crippen LogP contribution in [0.1, 0.15) is 10.4 Å². The molecule has 7 heteroatoms. The van der Waals surface area contributed by atoms with Crippen LogP contribution in [0.4, 0.5) is 17.1 Å². The van der Waals surface area contributed by atoms with Crippen molar-refractivity contribution in [2.24, 2.45) is 0 Å². The number of ether oxygens (including phenoxy) is 4. The lowest BCUT2D eigenvalue weighted by Crippen LogP contribution is -2.16. The number of para-hydroxylation sites is 5. The van der Waals surface area contributed by atoms with E-state index in [1.54, 1.807) is 26.4 Å². The number of benzene rings is 5. The van der Waals surface area contributed by atoms with Crippen LogP contribution < -0.4 is 19.1 Å². The Morgan fingerprint density at radius 1 is 0.659 bits per heavy atom. The molecule has 0 radical (unpaired) electrons. The molecule has 0 fully saturated rings. The van der Waals surface area contributed by atoms with Crippen molar-refractivity contribution < 1.29 is 23.7 Å². The summed E-state index contributed by atoms with van der Waals surface area (Å²) in [6.45, 7) is 0. The Labute approximate surface area is 254 Å². The lowest BCUT2D eigenvalue weighted by Gasteiger charge is -2.33. The number of aromatic nitrogens is 1. The average Bonchev–Trinajstić information content (AvgIpc) is 3.09. The van der Waals surface area contributed by atoms with Gasteiger partial charge in [-0.2, -0.15) is 0 Å². The highest BCUT2D eigenvalue weighted by molar-refractivity contribution is 6.06. The highest BCUT2D eigenvalue weighted by atomic mass is 16.5. The number of carbonyl (C=O) groups excluding carboxylic acids is 1.